The summed E-state index contributed by atoms with van der Waals surface area (Å²) in [6, 6.07) is 13.8. The summed E-state index contributed by atoms with van der Waals surface area (Å²) in [5.74, 6) is 0.338. The largest absolute Gasteiger partial charge is 0.491 e. The molecule has 0 aliphatic heterocycles. The molecule has 0 heterocycles. The van der Waals surface area contributed by atoms with Gasteiger partial charge in [0.05, 0.1) is 5.69 Å². The van der Waals surface area contributed by atoms with Crippen LogP contribution in [0.2, 0.25) is 0 Å². The van der Waals surface area contributed by atoms with Gasteiger partial charge in [-0.2, -0.15) is 0 Å². The van der Waals surface area contributed by atoms with Crippen LogP contribution in [-0.2, 0) is 0 Å². The van der Waals surface area contributed by atoms with E-state index in [0.717, 1.165) is 4.47 Å². The highest BCUT2D eigenvalue weighted by atomic mass is 79.9. The maximum absolute atomic E-state index is 13.5. The Balaban J connectivity index is 1.80. The summed E-state index contributed by atoms with van der Waals surface area (Å²) >= 11 is 3.27. The predicted molar refractivity (Wildman–Crippen MR) is 80.5 cm³/mol. The van der Waals surface area contributed by atoms with Crippen LogP contribution in [0, 0.1) is 5.82 Å². The van der Waals surface area contributed by atoms with E-state index < -0.39 is 6.10 Å². The number of para-hydroxylation sites is 1. The Morgan fingerprint density at radius 2 is 1.95 bits per heavy atom. The molecule has 106 valence electrons. The summed E-state index contributed by atoms with van der Waals surface area (Å²) in [4.78, 5) is 0. The zero-order valence-electron chi connectivity index (χ0n) is 10.7. The van der Waals surface area contributed by atoms with Gasteiger partial charge in [0.25, 0.3) is 0 Å². The molecule has 2 N–H and O–H groups in total. The first-order chi connectivity index (χ1) is 9.65. The zero-order chi connectivity index (χ0) is 14.4. The van der Waals surface area contributed by atoms with E-state index >= 15 is 0 Å². The highest BCUT2D eigenvalue weighted by Crippen LogP contribution is 2.19. The van der Waals surface area contributed by atoms with Crippen molar-refractivity contribution in [1.82, 2.24) is 0 Å². The first-order valence-corrected chi connectivity index (χ1v) is 6.99. The molecular formula is C15H15BrFNO2. The normalized spacial score (nSPS) is 11.9. The summed E-state index contributed by atoms with van der Waals surface area (Å²) in [7, 11) is 0. The van der Waals surface area contributed by atoms with Gasteiger partial charge in [-0.1, -0.05) is 34.1 Å². The van der Waals surface area contributed by atoms with E-state index in [4.69, 9.17) is 4.74 Å². The molecule has 0 fully saturated rings. The Morgan fingerprint density at radius 1 is 1.20 bits per heavy atom. The Kier molecular flexibility index (Phi) is 5.38. The molecule has 0 bridgehead atoms. The lowest BCUT2D eigenvalue weighted by Crippen LogP contribution is -2.26. The van der Waals surface area contributed by atoms with Gasteiger partial charge in [-0.05, 0) is 30.3 Å². The fraction of sp³-hybridized carbons (Fsp3) is 0.200. The molecule has 20 heavy (non-hydrogen) atoms. The van der Waals surface area contributed by atoms with Crippen LogP contribution in [0.4, 0.5) is 10.1 Å². The molecule has 5 heteroatoms. The molecule has 0 aliphatic carbocycles. The lowest BCUT2D eigenvalue weighted by atomic mass is 10.3. The second-order valence-corrected chi connectivity index (χ2v) is 5.20. The maximum Gasteiger partial charge on any atom is 0.146 e. The summed E-state index contributed by atoms with van der Waals surface area (Å²) in [6.07, 6.45) is -0.728. The van der Waals surface area contributed by atoms with Crippen LogP contribution < -0.4 is 10.1 Å². The zero-order valence-corrected chi connectivity index (χ0v) is 12.3. The molecular weight excluding hydrogens is 325 g/mol. The molecule has 0 radical (unpaired) electrons. The molecule has 0 amide bonds. The summed E-state index contributed by atoms with van der Waals surface area (Å²) in [6.45, 7) is 0.354. The van der Waals surface area contributed by atoms with Crippen LogP contribution in [0.5, 0.6) is 5.75 Å². The molecule has 0 aromatic heterocycles. The molecule has 1 unspecified atom stereocenters. The van der Waals surface area contributed by atoms with Crippen LogP contribution in [0.25, 0.3) is 0 Å². The number of benzene rings is 2. The summed E-state index contributed by atoms with van der Waals surface area (Å²) < 4.78 is 19.7. The summed E-state index contributed by atoms with van der Waals surface area (Å²) in [5.41, 5.74) is 0.345. The van der Waals surface area contributed by atoms with Gasteiger partial charge in [-0.25, -0.2) is 4.39 Å². The van der Waals surface area contributed by atoms with E-state index in [9.17, 15) is 9.50 Å². The van der Waals surface area contributed by atoms with Crippen LogP contribution in [0.3, 0.4) is 0 Å². The highest BCUT2D eigenvalue weighted by Gasteiger charge is 2.08. The van der Waals surface area contributed by atoms with E-state index in [0.29, 0.717) is 11.4 Å². The van der Waals surface area contributed by atoms with Crippen molar-refractivity contribution in [3.05, 3.63) is 58.8 Å². The first kappa shape index (κ1) is 14.8. The third-order valence-corrected chi connectivity index (χ3v) is 3.14. The minimum absolute atomic E-state index is 0.145. The monoisotopic (exact) mass is 339 g/mol. The van der Waals surface area contributed by atoms with E-state index in [2.05, 4.69) is 21.2 Å². The van der Waals surface area contributed by atoms with Gasteiger partial charge >= 0.3 is 0 Å². The molecule has 2 rings (SSSR count). The van der Waals surface area contributed by atoms with Crippen molar-refractivity contribution in [1.29, 1.82) is 0 Å². The third kappa shape index (κ3) is 4.51. The molecule has 0 aliphatic rings. The first-order valence-electron chi connectivity index (χ1n) is 6.20. The number of rotatable bonds is 6. The topological polar surface area (TPSA) is 41.5 Å². The Labute approximate surface area is 125 Å². The van der Waals surface area contributed by atoms with E-state index in [1.165, 1.54) is 6.07 Å². The van der Waals surface area contributed by atoms with Gasteiger partial charge in [0.15, 0.2) is 0 Å². The van der Waals surface area contributed by atoms with Gasteiger partial charge in [-0.3, -0.25) is 0 Å². The minimum Gasteiger partial charge on any atom is -0.491 e. The number of hydrogen-bond acceptors (Lipinski definition) is 3. The second-order valence-electron chi connectivity index (χ2n) is 4.28. The van der Waals surface area contributed by atoms with Crippen LogP contribution in [-0.4, -0.2) is 24.4 Å². The third-order valence-electron chi connectivity index (χ3n) is 2.64. The number of aliphatic hydroxyl groups excluding tert-OH is 1. The average molecular weight is 340 g/mol. The van der Waals surface area contributed by atoms with Crippen LogP contribution in [0.15, 0.2) is 53.0 Å². The molecule has 0 saturated heterocycles. The smallest absolute Gasteiger partial charge is 0.146 e. The fourth-order valence-corrected chi connectivity index (χ4v) is 1.99. The quantitative estimate of drug-likeness (QED) is 0.847. The standard InChI is InChI=1S/C15H15BrFNO2/c16-11-6-7-14(17)15(8-11)18-9-12(19)10-20-13-4-2-1-3-5-13/h1-8,12,18-19H,9-10H2. The van der Waals surface area contributed by atoms with Gasteiger partial charge in [0.2, 0.25) is 0 Å². The minimum atomic E-state index is -0.728. The molecule has 2 aromatic carbocycles. The Morgan fingerprint density at radius 3 is 2.70 bits per heavy atom. The fourth-order valence-electron chi connectivity index (χ4n) is 1.63. The lowest BCUT2D eigenvalue weighted by Gasteiger charge is -2.14. The number of hydrogen-bond donors (Lipinski definition) is 2. The molecule has 2 aromatic rings. The average Bonchev–Trinajstić information content (AvgIpc) is 2.47. The molecule has 3 nitrogen and oxygen atoms in total. The molecule has 1 atom stereocenters. The van der Waals surface area contributed by atoms with Crippen molar-refractivity contribution in [3.8, 4) is 5.75 Å². The van der Waals surface area contributed by atoms with Crippen molar-refractivity contribution in [2.24, 2.45) is 0 Å². The van der Waals surface area contributed by atoms with Gasteiger partial charge in [0.1, 0.15) is 24.3 Å². The summed E-state index contributed by atoms with van der Waals surface area (Å²) in [5, 5.41) is 12.7. The maximum atomic E-state index is 13.5. The van der Waals surface area contributed by atoms with Crippen LogP contribution in [0.1, 0.15) is 0 Å². The number of aliphatic hydroxyl groups is 1. The number of halogens is 2. The number of ether oxygens (including phenoxy) is 1. The number of anilines is 1. The van der Waals surface area contributed by atoms with Crippen molar-refractivity contribution in [2.75, 3.05) is 18.5 Å². The van der Waals surface area contributed by atoms with Gasteiger partial charge in [-0.15, -0.1) is 0 Å². The molecule has 0 spiro atoms. The second kappa shape index (κ2) is 7.26. The van der Waals surface area contributed by atoms with E-state index in [-0.39, 0.29) is 19.0 Å². The Hall–Kier alpha value is -1.59. The van der Waals surface area contributed by atoms with E-state index in [1.807, 2.05) is 30.3 Å². The van der Waals surface area contributed by atoms with Crippen molar-refractivity contribution in [3.63, 3.8) is 0 Å². The van der Waals surface area contributed by atoms with Crippen molar-refractivity contribution in [2.45, 2.75) is 6.10 Å². The Bertz CT molecular complexity index is 551. The predicted octanol–water partition coefficient (Wildman–Crippen LogP) is 3.44. The molecule has 0 saturated carbocycles. The van der Waals surface area contributed by atoms with E-state index in [1.54, 1.807) is 12.1 Å². The van der Waals surface area contributed by atoms with Crippen molar-refractivity contribution >= 4 is 21.6 Å². The van der Waals surface area contributed by atoms with Crippen molar-refractivity contribution < 1.29 is 14.2 Å². The highest BCUT2D eigenvalue weighted by molar-refractivity contribution is 9.10. The van der Waals surface area contributed by atoms with Crippen LogP contribution >= 0.6 is 15.9 Å². The van der Waals surface area contributed by atoms with Gasteiger partial charge < -0.3 is 15.2 Å². The SMILES string of the molecule is OC(CNc1cc(Br)ccc1F)COc1ccccc1. The number of nitrogens with one attached hydrogen (secondary N) is 1. The van der Waals surface area contributed by atoms with Gasteiger partial charge in [0, 0.05) is 11.0 Å². The lowest BCUT2D eigenvalue weighted by molar-refractivity contribution is 0.117.